The number of nitrogens with zero attached hydrogens (tertiary/aromatic N) is 1. The van der Waals surface area contributed by atoms with E-state index in [0.717, 1.165) is 23.5 Å². The van der Waals surface area contributed by atoms with Gasteiger partial charge in [-0.1, -0.05) is 18.2 Å². The summed E-state index contributed by atoms with van der Waals surface area (Å²) in [4.78, 5) is 13.0. The normalized spacial score (nSPS) is 19.4. The lowest BCUT2D eigenvalue weighted by Gasteiger charge is -2.32. The first-order chi connectivity index (χ1) is 14.1. The fourth-order valence-corrected chi connectivity index (χ4v) is 6.67. The molecule has 29 heavy (non-hydrogen) atoms. The molecule has 1 aliphatic heterocycles. The minimum absolute atomic E-state index is 0.0562. The number of para-hydroxylation sites is 2. The van der Waals surface area contributed by atoms with Crippen LogP contribution in [0.1, 0.15) is 31.1 Å². The van der Waals surface area contributed by atoms with Crippen molar-refractivity contribution < 1.29 is 17.6 Å². The third-order valence-corrected chi connectivity index (χ3v) is 8.36. The van der Waals surface area contributed by atoms with Gasteiger partial charge in [0.25, 0.3) is 10.0 Å². The first-order valence-electron chi connectivity index (χ1n) is 9.31. The summed E-state index contributed by atoms with van der Waals surface area (Å²) in [7, 11) is -3.94. The molecule has 0 fully saturated rings. The average Bonchev–Trinajstić information content (AvgIpc) is 3.40. The van der Waals surface area contributed by atoms with Crippen LogP contribution in [0.5, 0.6) is 0 Å². The summed E-state index contributed by atoms with van der Waals surface area (Å²) in [6.07, 6.45) is 3.30. The number of sulfonamides is 1. The van der Waals surface area contributed by atoms with Gasteiger partial charge in [-0.05, 0) is 48.6 Å². The highest BCUT2D eigenvalue weighted by Crippen LogP contribution is 2.47. The number of hydrogen-bond donors (Lipinski definition) is 1. The molecule has 3 aromatic rings. The number of benzene rings is 1. The highest BCUT2D eigenvalue weighted by atomic mass is 32.2. The first-order valence-corrected chi connectivity index (χ1v) is 11.6. The summed E-state index contributed by atoms with van der Waals surface area (Å²) < 4.78 is 34.8. The molecule has 1 N–H and O–H groups in total. The van der Waals surface area contributed by atoms with Crippen LogP contribution in [0.25, 0.3) is 0 Å². The number of hydrogen-bond acceptors (Lipinski definition) is 6. The quantitative estimate of drug-likeness (QED) is 0.656. The maximum absolute atomic E-state index is 13.8. The fraction of sp³-hybridized carbons (Fsp3) is 0.190. The van der Waals surface area contributed by atoms with Crippen molar-refractivity contribution in [1.29, 1.82) is 0 Å². The summed E-state index contributed by atoms with van der Waals surface area (Å²) in [6, 6.07) is 13.1. The number of nitrogens with one attached hydrogen (secondary N) is 1. The van der Waals surface area contributed by atoms with E-state index in [1.807, 2.05) is 12.1 Å². The maximum atomic E-state index is 13.8. The molecule has 0 bridgehead atoms. The van der Waals surface area contributed by atoms with Crippen molar-refractivity contribution in [1.82, 2.24) is 0 Å². The maximum Gasteiger partial charge on any atom is 0.274 e. The zero-order chi connectivity index (χ0) is 20.0. The Morgan fingerprint density at radius 2 is 1.93 bits per heavy atom. The Bertz CT molecular complexity index is 1200. The van der Waals surface area contributed by atoms with Gasteiger partial charge in [-0.3, -0.25) is 4.79 Å². The number of furan rings is 1. The van der Waals surface area contributed by atoms with E-state index in [1.165, 1.54) is 10.6 Å². The predicted octanol–water partition coefficient (Wildman–Crippen LogP) is 4.71. The van der Waals surface area contributed by atoms with E-state index in [2.05, 4.69) is 5.32 Å². The van der Waals surface area contributed by atoms with Crippen LogP contribution in [-0.2, 0) is 14.8 Å². The van der Waals surface area contributed by atoms with E-state index in [4.69, 9.17) is 4.42 Å². The Balaban J connectivity index is 1.84. The molecule has 148 valence electrons. The highest BCUT2D eigenvalue weighted by Gasteiger charge is 2.44. The molecule has 0 spiro atoms. The van der Waals surface area contributed by atoms with E-state index in [1.54, 1.807) is 41.8 Å². The van der Waals surface area contributed by atoms with Crippen molar-refractivity contribution in [3.05, 3.63) is 77.2 Å². The summed E-state index contributed by atoms with van der Waals surface area (Å²) in [5, 5.41) is 5.07. The van der Waals surface area contributed by atoms with Gasteiger partial charge in [0.1, 0.15) is 16.0 Å². The van der Waals surface area contributed by atoms with Crippen LogP contribution in [0.15, 0.2) is 80.1 Å². The number of carbonyl (C=O) groups is 1. The number of fused-ring (bicyclic) bond motifs is 1. The van der Waals surface area contributed by atoms with Gasteiger partial charge < -0.3 is 9.73 Å². The summed E-state index contributed by atoms with van der Waals surface area (Å²) in [6.45, 7) is 0. The van der Waals surface area contributed by atoms with Gasteiger partial charge in [-0.25, -0.2) is 12.7 Å². The molecule has 0 amide bonds. The van der Waals surface area contributed by atoms with Crippen molar-refractivity contribution in [2.24, 2.45) is 0 Å². The zero-order valence-corrected chi connectivity index (χ0v) is 17.0. The van der Waals surface area contributed by atoms with Crippen LogP contribution in [0.2, 0.25) is 0 Å². The molecule has 2 aromatic heterocycles. The molecule has 6 nitrogen and oxygen atoms in total. The summed E-state index contributed by atoms with van der Waals surface area (Å²) >= 11 is 1.15. The van der Waals surface area contributed by atoms with Crippen molar-refractivity contribution in [3.63, 3.8) is 0 Å². The number of ketones is 1. The SMILES string of the molecule is O=C1CCCC2=C1[C@H](c1ccco1)N(S(=O)(=O)c1cccs1)c1ccccc1N2. The summed E-state index contributed by atoms with van der Waals surface area (Å²) in [5.41, 5.74) is 2.37. The van der Waals surface area contributed by atoms with Gasteiger partial charge in [0.2, 0.25) is 0 Å². The average molecular weight is 427 g/mol. The Morgan fingerprint density at radius 1 is 1.07 bits per heavy atom. The van der Waals surface area contributed by atoms with Gasteiger partial charge in [0.05, 0.1) is 17.6 Å². The van der Waals surface area contributed by atoms with Crippen molar-refractivity contribution in [2.75, 3.05) is 9.62 Å². The largest absolute Gasteiger partial charge is 0.467 e. The second-order valence-corrected chi connectivity index (χ2v) is 9.95. The first kappa shape index (κ1) is 18.2. The molecule has 0 unspecified atom stereocenters. The number of carbonyl (C=O) groups excluding carboxylic acids is 1. The Labute approximate surface area is 172 Å². The fourth-order valence-electron chi connectivity index (χ4n) is 3.98. The van der Waals surface area contributed by atoms with Gasteiger partial charge in [0.15, 0.2) is 5.78 Å². The van der Waals surface area contributed by atoms with Crippen LogP contribution in [0, 0.1) is 0 Å². The van der Waals surface area contributed by atoms with Crippen LogP contribution in [0.3, 0.4) is 0 Å². The molecule has 3 heterocycles. The molecule has 0 radical (unpaired) electrons. The molecule has 0 saturated heterocycles. The third kappa shape index (κ3) is 2.90. The van der Waals surface area contributed by atoms with Crippen molar-refractivity contribution in [3.8, 4) is 0 Å². The molecule has 1 aromatic carbocycles. The minimum Gasteiger partial charge on any atom is -0.467 e. The van der Waals surface area contributed by atoms with E-state index >= 15 is 0 Å². The topological polar surface area (TPSA) is 79.6 Å². The molecule has 8 heteroatoms. The predicted molar refractivity (Wildman–Crippen MR) is 111 cm³/mol. The lowest BCUT2D eigenvalue weighted by molar-refractivity contribution is -0.116. The van der Waals surface area contributed by atoms with Gasteiger partial charge in [0, 0.05) is 17.7 Å². The molecule has 5 rings (SSSR count). The van der Waals surface area contributed by atoms with Gasteiger partial charge in [-0.2, -0.15) is 0 Å². The lowest BCUT2D eigenvalue weighted by Crippen LogP contribution is -2.37. The van der Waals surface area contributed by atoms with E-state index in [0.29, 0.717) is 35.5 Å². The number of Topliss-reactive ketones (excluding diaryl/α,β-unsaturated/α-hetero) is 1. The molecular formula is C21H18N2O4S2. The van der Waals surface area contributed by atoms with E-state index < -0.39 is 16.1 Å². The molecule has 1 aliphatic carbocycles. The molecule has 1 atom stereocenters. The smallest absolute Gasteiger partial charge is 0.274 e. The van der Waals surface area contributed by atoms with E-state index in [9.17, 15) is 13.2 Å². The second-order valence-electron chi connectivity index (χ2n) is 6.96. The Kier molecular flexibility index (Phi) is 4.33. The molecular weight excluding hydrogens is 408 g/mol. The molecule has 0 saturated carbocycles. The zero-order valence-electron chi connectivity index (χ0n) is 15.4. The standard InChI is InChI=1S/C21H18N2O4S2/c24-17-9-3-7-15-20(17)21(18-10-4-12-27-18)23(16-8-2-1-6-14(16)22-15)29(25,26)19-11-5-13-28-19/h1-2,4-6,8,10-13,21-22H,3,7,9H2/t21-/m0/s1. The minimum atomic E-state index is -3.94. The van der Waals surface area contributed by atoms with Crippen LogP contribution < -0.4 is 9.62 Å². The van der Waals surface area contributed by atoms with E-state index in [-0.39, 0.29) is 9.99 Å². The third-order valence-electron chi connectivity index (χ3n) is 5.21. The van der Waals surface area contributed by atoms with Crippen LogP contribution in [0.4, 0.5) is 11.4 Å². The Morgan fingerprint density at radius 3 is 2.69 bits per heavy atom. The highest BCUT2D eigenvalue weighted by molar-refractivity contribution is 7.94. The lowest BCUT2D eigenvalue weighted by atomic mass is 9.89. The number of anilines is 2. The monoisotopic (exact) mass is 426 g/mol. The second kappa shape index (κ2) is 6.89. The summed E-state index contributed by atoms with van der Waals surface area (Å²) in [5.74, 6) is 0.366. The van der Waals surface area contributed by atoms with Crippen molar-refractivity contribution >= 4 is 38.5 Å². The number of rotatable bonds is 3. The molecule has 2 aliphatic rings. The number of allylic oxidation sites excluding steroid dienone is 1. The Hall–Kier alpha value is -2.84. The van der Waals surface area contributed by atoms with Crippen molar-refractivity contribution in [2.45, 2.75) is 29.5 Å². The number of thiophene rings is 1. The van der Waals surface area contributed by atoms with Gasteiger partial charge in [-0.15, -0.1) is 11.3 Å². The van der Waals surface area contributed by atoms with Crippen LogP contribution >= 0.6 is 11.3 Å². The van der Waals surface area contributed by atoms with Crippen LogP contribution in [-0.4, -0.2) is 14.2 Å². The van der Waals surface area contributed by atoms with Gasteiger partial charge >= 0.3 is 0 Å².